The number of ether oxygens (including phenoxy) is 1. The molecule has 0 aromatic rings. The van der Waals surface area contributed by atoms with Crippen molar-refractivity contribution < 1.29 is 9.84 Å². The van der Waals surface area contributed by atoms with Gasteiger partial charge in [0, 0.05) is 5.92 Å². The minimum atomic E-state index is -0.519. The molecule has 0 spiro atoms. The molecule has 1 heterocycles. The van der Waals surface area contributed by atoms with Gasteiger partial charge in [0.25, 0.3) is 0 Å². The first-order valence-corrected chi connectivity index (χ1v) is 15.0. The molecule has 4 atom stereocenters. The van der Waals surface area contributed by atoms with E-state index in [1.54, 1.807) is 5.57 Å². The van der Waals surface area contributed by atoms with E-state index in [0.717, 1.165) is 51.4 Å². The molecule has 2 nitrogen and oxygen atoms in total. The molecule has 4 unspecified atom stereocenters. The molecule has 2 heteroatoms. The zero-order valence-corrected chi connectivity index (χ0v) is 24.5. The Morgan fingerprint density at radius 2 is 1.77 bits per heavy atom. The maximum atomic E-state index is 10.6. The molecule has 2 aliphatic rings. The summed E-state index contributed by atoms with van der Waals surface area (Å²) in [6, 6.07) is 0. The van der Waals surface area contributed by atoms with Gasteiger partial charge in [0.05, 0.1) is 16.8 Å². The largest absolute Gasteiger partial charge is 0.390 e. The van der Waals surface area contributed by atoms with Crippen LogP contribution in [-0.4, -0.2) is 21.9 Å². The standard InChI is InChI=1S/C33H58O2/c1-8-10-12-14-25-33-29(5)28(4)19-20-30(33)21-26-32(7,35-33)24-16-18-27(3)17-15-23-31(6,34)22-13-11-9-2/h17,19-20,29,34H,8-16,18,21-26H2,1-7H3. The fourth-order valence-corrected chi connectivity index (χ4v) is 6.27. The molecule has 1 saturated heterocycles. The Labute approximate surface area is 218 Å². The molecule has 1 aliphatic carbocycles. The quantitative estimate of drug-likeness (QED) is 0.174. The van der Waals surface area contributed by atoms with Crippen molar-refractivity contribution in [1.82, 2.24) is 0 Å². The van der Waals surface area contributed by atoms with E-state index < -0.39 is 5.60 Å². The van der Waals surface area contributed by atoms with Gasteiger partial charge in [0.2, 0.25) is 0 Å². The molecule has 0 radical (unpaired) electrons. The van der Waals surface area contributed by atoms with E-state index in [2.05, 4.69) is 59.8 Å². The Hall–Kier alpha value is -0.860. The van der Waals surface area contributed by atoms with E-state index in [0.29, 0.717) is 5.92 Å². The highest BCUT2D eigenvalue weighted by Crippen LogP contribution is 2.51. The van der Waals surface area contributed by atoms with Gasteiger partial charge in [0.1, 0.15) is 0 Å². The Kier molecular flexibility index (Phi) is 12.3. The first-order chi connectivity index (χ1) is 16.6. The lowest BCUT2D eigenvalue weighted by atomic mass is 9.67. The summed E-state index contributed by atoms with van der Waals surface area (Å²) in [7, 11) is 0. The predicted molar refractivity (Wildman–Crippen MR) is 153 cm³/mol. The highest BCUT2D eigenvalue weighted by Gasteiger charge is 2.50. The van der Waals surface area contributed by atoms with Crippen molar-refractivity contribution in [2.45, 2.75) is 168 Å². The number of fused-ring (bicyclic) bond motifs is 1. The molecule has 35 heavy (non-hydrogen) atoms. The topological polar surface area (TPSA) is 29.5 Å². The van der Waals surface area contributed by atoms with Gasteiger partial charge >= 0.3 is 0 Å². The molecule has 2 rings (SSSR count). The Balaban J connectivity index is 1.90. The van der Waals surface area contributed by atoms with Gasteiger partial charge in [-0.1, -0.05) is 95.1 Å². The van der Waals surface area contributed by atoms with Gasteiger partial charge in [-0.05, 0) is 91.1 Å². The van der Waals surface area contributed by atoms with Crippen molar-refractivity contribution in [3.63, 3.8) is 0 Å². The van der Waals surface area contributed by atoms with Crippen LogP contribution in [0.2, 0.25) is 0 Å². The van der Waals surface area contributed by atoms with Crippen molar-refractivity contribution in [1.29, 1.82) is 0 Å². The average molecular weight is 487 g/mol. The van der Waals surface area contributed by atoms with Crippen LogP contribution in [-0.2, 0) is 4.74 Å². The van der Waals surface area contributed by atoms with Crippen LogP contribution in [0.4, 0.5) is 0 Å². The lowest BCUT2D eigenvalue weighted by Gasteiger charge is -2.53. The summed E-state index contributed by atoms with van der Waals surface area (Å²) in [5.74, 6) is 0.468. The Morgan fingerprint density at radius 3 is 2.49 bits per heavy atom. The minimum Gasteiger partial charge on any atom is -0.390 e. The predicted octanol–water partition coefficient (Wildman–Crippen LogP) is 10.0. The summed E-state index contributed by atoms with van der Waals surface area (Å²) in [5, 5.41) is 10.6. The summed E-state index contributed by atoms with van der Waals surface area (Å²) in [4.78, 5) is 0. The van der Waals surface area contributed by atoms with E-state index in [9.17, 15) is 5.11 Å². The molecule has 0 bridgehead atoms. The monoisotopic (exact) mass is 486 g/mol. The highest BCUT2D eigenvalue weighted by atomic mass is 16.5. The molecule has 1 aliphatic heterocycles. The van der Waals surface area contributed by atoms with Crippen molar-refractivity contribution in [3.8, 4) is 0 Å². The summed E-state index contributed by atoms with van der Waals surface area (Å²) < 4.78 is 7.22. The number of hydrogen-bond donors (Lipinski definition) is 1. The van der Waals surface area contributed by atoms with Crippen LogP contribution < -0.4 is 0 Å². The molecule has 0 saturated carbocycles. The second-order valence-corrected chi connectivity index (χ2v) is 12.5. The molecule has 0 amide bonds. The maximum absolute atomic E-state index is 10.6. The fraction of sp³-hybridized carbons (Fsp3) is 0.818. The van der Waals surface area contributed by atoms with Crippen molar-refractivity contribution in [3.05, 3.63) is 34.9 Å². The average Bonchev–Trinajstić information content (AvgIpc) is 2.80. The number of unbranched alkanes of at least 4 members (excludes halogenated alkanes) is 5. The van der Waals surface area contributed by atoms with Crippen molar-refractivity contribution in [2.24, 2.45) is 5.92 Å². The molecular formula is C33H58O2. The van der Waals surface area contributed by atoms with Crippen molar-refractivity contribution in [2.75, 3.05) is 0 Å². The molecule has 0 aromatic heterocycles. The summed E-state index contributed by atoms with van der Waals surface area (Å²) in [6.45, 7) is 15.9. The zero-order valence-electron chi connectivity index (χ0n) is 24.5. The van der Waals surface area contributed by atoms with E-state index in [1.807, 2.05) is 6.92 Å². The third-order valence-electron chi connectivity index (χ3n) is 9.00. The molecule has 202 valence electrons. The first kappa shape index (κ1) is 30.4. The summed E-state index contributed by atoms with van der Waals surface area (Å²) >= 11 is 0. The maximum Gasteiger partial charge on any atom is 0.0964 e. The molecule has 0 aromatic carbocycles. The number of allylic oxidation sites excluding steroid dienone is 4. The van der Waals surface area contributed by atoms with Crippen LogP contribution in [0.25, 0.3) is 0 Å². The molecular weight excluding hydrogens is 428 g/mol. The summed E-state index contributed by atoms with van der Waals surface area (Å²) in [5.41, 5.74) is 3.85. The van der Waals surface area contributed by atoms with Crippen LogP contribution in [0.3, 0.4) is 0 Å². The first-order valence-electron chi connectivity index (χ1n) is 15.0. The van der Waals surface area contributed by atoms with E-state index in [1.165, 1.54) is 62.5 Å². The Morgan fingerprint density at radius 1 is 1.06 bits per heavy atom. The third-order valence-corrected chi connectivity index (χ3v) is 9.00. The number of aliphatic hydroxyl groups is 1. The van der Waals surface area contributed by atoms with Crippen LogP contribution in [0, 0.1) is 5.92 Å². The fourth-order valence-electron chi connectivity index (χ4n) is 6.27. The van der Waals surface area contributed by atoms with Crippen LogP contribution in [0.1, 0.15) is 151 Å². The van der Waals surface area contributed by atoms with Crippen molar-refractivity contribution >= 4 is 0 Å². The lowest BCUT2D eigenvalue weighted by Crippen LogP contribution is -2.53. The van der Waals surface area contributed by atoms with Gasteiger partial charge in [-0.2, -0.15) is 0 Å². The SMILES string of the molecule is CCCCCCC12OC(C)(CCCC(C)=CCCC(C)(O)CCCCC)CCC1=CC=C(C)C2C. The smallest absolute Gasteiger partial charge is 0.0964 e. The lowest BCUT2D eigenvalue weighted by molar-refractivity contribution is -0.178. The van der Waals surface area contributed by atoms with Crippen LogP contribution >= 0.6 is 0 Å². The normalized spacial score (nSPS) is 28.8. The minimum absolute atomic E-state index is 0.0306. The Bertz CT molecular complexity index is 727. The van der Waals surface area contributed by atoms with Gasteiger partial charge in [-0.15, -0.1) is 0 Å². The van der Waals surface area contributed by atoms with E-state index in [4.69, 9.17) is 4.74 Å². The van der Waals surface area contributed by atoms with Gasteiger partial charge in [-0.25, -0.2) is 0 Å². The number of rotatable bonds is 16. The van der Waals surface area contributed by atoms with E-state index >= 15 is 0 Å². The molecule has 1 fully saturated rings. The second-order valence-electron chi connectivity index (χ2n) is 12.5. The molecule has 1 N–H and O–H groups in total. The van der Waals surface area contributed by atoms with E-state index in [-0.39, 0.29) is 11.2 Å². The highest BCUT2D eigenvalue weighted by molar-refractivity contribution is 5.36. The van der Waals surface area contributed by atoms with Gasteiger partial charge < -0.3 is 9.84 Å². The second kappa shape index (κ2) is 14.2. The zero-order chi connectivity index (χ0) is 26.0. The van der Waals surface area contributed by atoms with Gasteiger partial charge in [-0.3, -0.25) is 0 Å². The van der Waals surface area contributed by atoms with Crippen LogP contribution in [0.5, 0.6) is 0 Å². The third kappa shape index (κ3) is 9.19. The van der Waals surface area contributed by atoms with Crippen LogP contribution in [0.15, 0.2) is 34.9 Å². The summed E-state index contributed by atoms with van der Waals surface area (Å²) in [6.07, 6.45) is 25.6. The number of hydrogen-bond acceptors (Lipinski definition) is 2. The van der Waals surface area contributed by atoms with Gasteiger partial charge in [0.15, 0.2) is 0 Å².